The van der Waals surface area contributed by atoms with Crippen LogP contribution in [0.25, 0.3) is 10.7 Å². The van der Waals surface area contributed by atoms with Crippen LogP contribution in [0, 0.1) is 0 Å². The zero-order valence-corrected chi connectivity index (χ0v) is 14.4. The summed E-state index contributed by atoms with van der Waals surface area (Å²) in [6.07, 6.45) is 1.36. The van der Waals surface area contributed by atoms with Gasteiger partial charge in [0.05, 0.1) is 23.4 Å². The summed E-state index contributed by atoms with van der Waals surface area (Å²) in [6.45, 7) is 1.77. The Morgan fingerprint density at radius 2 is 2.26 bits per heavy atom. The van der Waals surface area contributed by atoms with Gasteiger partial charge in [-0.2, -0.15) is 0 Å². The SMILES string of the molecule is CCCCS(=O)(=O)Nc1ccsc1-c1nnnn1CC(=O)OC. The quantitative estimate of drug-likeness (QED) is 0.702. The zero-order valence-electron chi connectivity index (χ0n) is 12.7. The van der Waals surface area contributed by atoms with Crippen molar-refractivity contribution in [2.24, 2.45) is 0 Å². The van der Waals surface area contributed by atoms with Gasteiger partial charge < -0.3 is 4.74 Å². The summed E-state index contributed by atoms with van der Waals surface area (Å²) in [5.74, 6) is -0.148. The molecule has 0 saturated heterocycles. The van der Waals surface area contributed by atoms with Crippen LogP contribution < -0.4 is 4.72 Å². The van der Waals surface area contributed by atoms with Gasteiger partial charge in [-0.05, 0) is 28.3 Å². The number of hydrogen-bond acceptors (Lipinski definition) is 8. The van der Waals surface area contributed by atoms with Crippen molar-refractivity contribution in [1.82, 2.24) is 20.2 Å². The Labute approximate surface area is 137 Å². The van der Waals surface area contributed by atoms with Crippen LogP contribution in [0.1, 0.15) is 19.8 Å². The van der Waals surface area contributed by atoms with Gasteiger partial charge in [0.15, 0.2) is 5.82 Å². The van der Waals surface area contributed by atoms with Crippen LogP contribution in [0.3, 0.4) is 0 Å². The average Bonchev–Trinajstić information content (AvgIpc) is 3.13. The summed E-state index contributed by atoms with van der Waals surface area (Å²) in [5.41, 5.74) is 0.395. The zero-order chi connectivity index (χ0) is 16.9. The molecule has 0 aliphatic rings. The molecule has 2 aromatic heterocycles. The fourth-order valence-corrected chi connectivity index (χ4v) is 3.95. The van der Waals surface area contributed by atoms with E-state index in [4.69, 9.17) is 0 Å². The molecular formula is C12H17N5O4S2. The molecule has 23 heavy (non-hydrogen) atoms. The fraction of sp³-hybridized carbons (Fsp3) is 0.500. The molecule has 9 nitrogen and oxygen atoms in total. The summed E-state index contributed by atoms with van der Waals surface area (Å²) in [5, 5.41) is 12.9. The summed E-state index contributed by atoms with van der Waals surface area (Å²) in [4.78, 5) is 11.9. The van der Waals surface area contributed by atoms with Crippen LogP contribution in [-0.2, 0) is 26.1 Å². The standard InChI is InChI=1S/C12H17N5O4S2/c1-3-4-7-23(19,20)14-9-5-6-22-11(9)12-13-15-16-17(12)8-10(18)21-2/h5-6,14H,3-4,7-8H2,1-2H3. The van der Waals surface area contributed by atoms with Gasteiger partial charge in [0.2, 0.25) is 10.0 Å². The van der Waals surface area contributed by atoms with Crippen molar-refractivity contribution in [3.05, 3.63) is 11.4 Å². The van der Waals surface area contributed by atoms with Gasteiger partial charge in [-0.3, -0.25) is 9.52 Å². The first-order valence-corrected chi connectivity index (χ1v) is 9.41. The van der Waals surface area contributed by atoms with Gasteiger partial charge in [-0.1, -0.05) is 13.3 Å². The molecule has 0 spiro atoms. The third-order valence-electron chi connectivity index (χ3n) is 2.94. The first-order valence-electron chi connectivity index (χ1n) is 6.88. The molecule has 0 aromatic carbocycles. The number of hydrogen-bond donors (Lipinski definition) is 1. The molecule has 2 rings (SSSR count). The van der Waals surface area contributed by atoms with E-state index in [0.29, 0.717) is 22.8 Å². The number of rotatable bonds is 8. The van der Waals surface area contributed by atoms with Crippen LogP contribution in [-0.4, -0.2) is 47.5 Å². The van der Waals surface area contributed by atoms with E-state index < -0.39 is 16.0 Å². The smallest absolute Gasteiger partial charge is 0.327 e. The van der Waals surface area contributed by atoms with Crippen molar-refractivity contribution >= 4 is 33.0 Å². The summed E-state index contributed by atoms with van der Waals surface area (Å²) >= 11 is 1.28. The van der Waals surface area contributed by atoms with Crippen molar-refractivity contribution in [3.8, 4) is 10.7 Å². The lowest BCUT2D eigenvalue weighted by Crippen LogP contribution is -2.17. The van der Waals surface area contributed by atoms with Crippen molar-refractivity contribution in [2.45, 2.75) is 26.3 Å². The first-order chi connectivity index (χ1) is 11.0. The predicted molar refractivity (Wildman–Crippen MR) is 85.5 cm³/mol. The molecule has 0 radical (unpaired) electrons. The maximum absolute atomic E-state index is 12.0. The number of carbonyl (C=O) groups is 1. The number of methoxy groups -OCH3 is 1. The summed E-state index contributed by atoms with van der Waals surface area (Å²) in [6, 6.07) is 1.64. The van der Waals surface area contributed by atoms with Crippen LogP contribution >= 0.6 is 11.3 Å². The van der Waals surface area contributed by atoms with E-state index in [1.165, 1.54) is 23.1 Å². The molecule has 0 amide bonds. The number of aromatic nitrogens is 4. The number of ether oxygens (including phenoxy) is 1. The molecule has 2 aromatic rings. The number of sulfonamides is 1. The third kappa shape index (κ3) is 4.48. The Balaban J connectivity index is 2.25. The molecule has 2 heterocycles. The van der Waals surface area contributed by atoms with E-state index in [0.717, 1.165) is 6.42 Å². The Kier molecular flexibility index (Phi) is 5.66. The highest BCUT2D eigenvalue weighted by Gasteiger charge is 2.20. The topological polar surface area (TPSA) is 116 Å². The minimum absolute atomic E-state index is 0.0475. The molecule has 0 aliphatic heterocycles. The van der Waals surface area contributed by atoms with Gasteiger partial charge in [-0.15, -0.1) is 16.4 Å². The third-order valence-corrected chi connectivity index (χ3v) is 5.21. The molecular weight excluding hydrogens is 342 g/mol. The van der Waals surface area contributed by atoms with Gasteiger partial charge in [0.25, 0.3) is 0 Å². The largest absolute Gasteiger partial charge is 0.468 e. The highest BCUT2D eigenvalue weighted by Crippen LogP contribution is 2.32. The minimum atomic E-state index is -3.43. The average molecular weight is 359 g/mol. The normalized spacial score (nSPS) is 11.4. The number of anilines is 1. The second-order valence-electron chi connectivity index (χ2n) is 4.67. The monoisotopic (exact) mass is 359 g/mol. The minimum Gasteiger partial charge on any atom is -0.468 e. The van der Waals surface area contributed by atoms with Crippen LogP contribution in [0.2, 0.25) is 0 Å². The molecule has 0 fully saturated rings. The highest BCUT2D eigenvalue weighted by molar-refractivity contribution is 7.92. The van der Waals surface area contributed by atoms with Crippen LogP contribution in [0.4, 0.5) is 5.69 Å². The predicted octanol–water partition coefficient (Wildman–Crippen LogP) is 1.12. The number of unbranched alkanes of at least 4 members (excludes halogenated alkanes) is 1. The lowest BCUT2D eigenvalue weighted by Gasteiger charge is -2.08. The number of nitrogens with one attached hydrogen (secondary N) is 1. The van der Waals surface area contributed by atoms with Gasteiger partial charge >= 0.3 is 5.97 Å². The Morgan fingerprint density at radius 3 is 2.96 bits per heavy atom. The number of thiophene rings is 1. The molecule has 126 valence electrons. The number of nitrogens with zero attached hydrogens (tertiary/aromatic N) is 4. The van der Waals surface area contributed by atoms with Crippen molar-refractivity contribution in [2.75, 3.05) is 17.6 Å². The lowest BCUT2D eigenvalue weighted by atomic mass is 10.4. The molecule has 0 atom stereocenters. The second kappa shape index (κ2) is 7.51. The molecule has 0 unspecified atom stereocenters. The first kappa shape index (κ1) is 17.3. The molecule has 11 heteroatoms. The Hall–Kier alpha value is -2.01. The highest BCUT2D eigenvalue weighted by atomic mass is 32.2. The van der Waals surface area contributed by atoms with Gasteiger partial charge in [0, 0.05) is 0 Å². The van der Waals surface area contributed by atoms with E-state index in [9.17, 15) is 13.2 Å². The number of carbonyl (C=O) groups excluding carboxylic acids is 1. The number of esters is 1. The fourth-order valence-electron chi connectivity index (χ4n) is 1.78. The molecule has 1 N–H and O–H groups in total. The Morgan fingerprint density at radius 1 is 1.48 bits per heavy atom. The lowest BCUT2D eigenvalue weighted by molar-refractivity contribution is -0.141. The van der Waals surface area contributed by atoms with E-state index in [-0.39, 0.29) is 12.3 Å². The number of tetrazole rings is 1. The second-order valence-corrected chi connectivity index (χ2v) is 7.43. The molecule has 0 aliphatic carbocycles. The van der Waals surface area contributed by atoms with Crippen molar-refractivity contribution < 1.29 is 17.9 Å². The van der Waals surface area contributed by atoms with Crippen LogP contribution in [0.15, 0.2) is 11.4 Å². The van der Waals surface area contributed by atoms with E-state index >= 15 is 0 Å². The van der Waals surface area contributed by atoms with E-state index in [1.54, 1.807) is 11.4 Å². The van der Waals surface area contributed by atoms with Crippen LogP contribution in [0.5, 0.6) is 0 Å². The molecule has 0 bridgehead atoms. The van der Waals surface area contributed by atoms with Crippen molar-refractivity contribution in [3.63, 3.8) is 0 Å². The summed E-state index contributed by atoms with van der Waals surface area (Å²) in [7, 11) is -2.16. The van der Waals surface area contributed by atoms with E-state index in [1.807, 2.05) is 6.92 Å². The van der Waals surface area contributed by atoms with E-state index in [2.05, 4.69) is 25.0 Å². The Bertz CT molecular complexity index is 768. The summed E-state index contributed by atoms with van der Waals surface area (Å²) < 4.78 is 32.5. The van der Waals surface area contributed by atoms with Crippen molar-refractivity contribution in [1.29, 1.82) is 0 Å². The molecule has 0 saturated carbocycles. The maximum Gasteiger partial charge on any atom is 0.327 e. The maximum atomic E-state index is 12.0. The van der Waals surface area contributed by atoms with Gasteiger partial charge in [0.1, 0.15) is 6.54 Å². The van der Waals surface area contributed by atoms with Gasteiger partial charge in [-0.25, -0.2) is 13.1 Å².